The number of benzene rings is 5. The molecule has 5 aromatic carbocycles. The van der Waals surface area contributed by atoms with Gasteiger partial charge in [-0.15, -0.1) is 0 Å². The average molecular weight is 835 g/mol. The van der Waals surface area contributed by atoms with Gasteiger partial charge in [0.05, 0.1) is 46.2 Å². The van der Waals surface area contributed by atoms with Crippen LogP contribution in [0, 0.1) is 0 Å². The van der Waals surface area contributed by atoms with Crippen molar-refractivity contribution in [1.29, 1.82) is 0 Å². The highest BCUT2D eigenvalue weighted by Gasteiger charge is 2.54. The minimum Gasteiger partial charge on any atom is -0.457 e. The lowest BCUT2D eigenvalue weighted by atomic mass is 9.96. The summed E-state index contributed by atoms with van der Waals surface area (Å²) in [5.74, 6) is -0.611. The molecule has 0 spiro atoms. The third kappa shape index (κ3) is 12.9. The fourth-order valence-electron chi connectivity index (χ4n) is 7.40. The molecule has 7 rings (SSSR count). The van der Waals surface area contributed by atoms with E-state index in [-0.39, 0.29) is 46.2 Å². The third-order valence-electron chi connectivity index (χ3n) is 10.5. The van der Waals surface area contributed by atoms with Crippen LogP contribution in [0.15, 0.2) is 152 Å². The zero-order valence-electron chi connectivity index (χ0n) is 34.1. The molecule has 2 fully saturated rings. The Morgan fingerprint density at radius 3 is 1.28 bits per heavy atom. The number of rotatable bonds is 20. The van der Waals surface area contributed by atoms with E-state index in [1.54, 1.807) is 0 Å². The van der Waals surface area contributed by atoms with Crippen LogP contribution in [-0.2, 0) is 80.5 Å². The third-order valence-corrected chi connectivity index (χ3v) is 10.5. The van der Waals surface area contributed by atoms with Crippen molar-refractivity contribution in [3.05, 3.63) is 179 Å². The van der Waals surface area contributed by atoms with Crippen LogP contribution in [0.5, 0.6) is 0 Å². The second-order valence-corrected chi connectivity index (χ2v) is 15.1. The number of hydrogen-bond donors (Lipinski definition) is 2. The first kappa shape index (κ1) is 44.2. The van der Waals surface area contributed by atoms with Crippen LogP contribution in [0.25, 0.3) is 0 Å². The maximum absolute atomic E-state index is 12.5. The van der Waals surface area contributed by atoms with Crippen LogP contribution in [0.2, 0.25) is 0 Å². The van der Waals surface area contributed by atoms with Gasteiger partial charge in [0.1, 0.15) is 42.7 Å². The van der Waals surface area contributed by atoms with Gasteiger partial charge in [0, 0.05) is 6.92 Å². The van der Waals surface area contributed by atoms with E-state index < -0.39 is 67.4 Å². The van der Waals surface area contributed by atoms with Crippen molar-refractivity contribution < 1.29 is 57.6 Å². The smallest absolute Gasteiger partial charge is 0.303 e. The van der Waals surface area contributed by atoms with Crippen molar-refractivity contribution in [3.63, 3.8) is 0 Å². The highest BCUT2D eigenvalue weighted by molar-refractivity contribution is 5.66. The van der Waals surface area contributed by atoms with E-state index >= 15 is 0 Å². The minimum absolute atomic E-state index is 0.0161. The summed E-state index contributed by atoms with van der Waals surface area (Å²) in [4.78, 5) is 12.5. The molecule has 61 heavy (non-hydrogen) atoms. The molecular formula is C49H54O12. The summed E-state index contributed by atoms with van der Waals surface area (Å²) < 4.78 is 57.6. The molecule has 0 unspecified atom stereocenters. The zero-order valence-corrected chi connectivity index (χ0v) is 34.1. The lowest BCUT2D eigenvalue weighted by Crippen LogP contribution is -2.66. The van der Waals surface area contributed by atoms with E-state index in [9.17, 15) is 15.0 Å². The van der Waals surface area contributed by atoms with E-state index in [1.165, 1.54) is 6.92 Å². The molecule has 0 bridgehead atoms. The van der Waals surface area contributed by atoms with Crippen LogP contribution >= 0.6 is 0 Å². The van der Waals surface area contributed by atoms with E-state index in [2.05, 4.69) is 0 Å². The van der Waals surface area contributed by atoms with Gasteiger partial charge in [0.15, 0.2) is 18.7 Å². The summed E-state index contributed by atoms with van der Waals surface area (Å²) in [6, 6.07) is 48.0. The van der Waals surface area contributed by atoms with Crippen molar-refractivity contribution in [3.8, 4) is 0 Å². The van der Waals surface area contributed by atoms with E-state index in [4.69, 9.17) is 42.6 Å². The molecule has 2 saturated heterocycles. The molecule has 322 valence electrons. The Bertz CT molecular complexity index is 1990. The van der Waals surface area contributed by atoms with Crippen molar-refractivity contribution in [2.24, 2.45) is 0 Å². The quantitative estimate of drug-likeness (QED) is 0.0852. The van der Waals surface area contributed by atoms with Crippen LogP contribution in [0.1, 0.15) is 34.7 Å². The fourth-order valence-corrected chi connectivity index (χ4v) is 7.40. The van der Waals surface area contributed by atoms with Gasteiger partial charge in [-0.25, -0.2) is 0 Å². The SMILES string of the molecule is CC(=O)O[C@@H]1[C@H](O)[C@@H](OCc2ccccc2)[C@H](O[C@H]2[C@H](OCc3ccccc3)[C@@H](OCc3ccccc3)[C@H](O)O[C@@H]2COCc2ccccc2)O[C@@H]1COCc1ccccc1. The highest BCUT2D eigenvalue weighted by atomic mass is 16.7. The summed E-state index contributed by atoms with van der Waals surface area (Å²) in [7, 11) is 0. The molecule has 0 radical (unpaired) electrons. The number of aliphatic hydroxyl groups is 2. The first-order chi connectivity index (χ1) is 29.9. The maximum Gasteiger partial charge on any atom is 0.303 e. The Labute approximate surface area is 356 Å². The van der Waals surface area contributed by atoms with E-state index in [0.717, 1.165) is 27.8 Å². The Balaban J connectivity index is 1.21. The predicted octanol–water partition coefficient (Wildman–Crippen LogP) is 6.30. The first-order valence-electron chi connectivity index (χ1n) is 20.6. The van der Waals surface area contributed by atoms with Gasteiger partial charge < -0.3 is 52.8 Å². The Morgan fingerprint density at radius 1 is 0.475 bits per heavy atom. The molecule has 2 aliphatic rings. The molecule has 0 aromatic heterocycles. The molecule has 2 aliphatic heterocycles. The topological polar surface area (TPSA) is 141 Å². The Hall–Kier alpha value is -4.83. The van der Waals surface area contributed by atoms with Crippen molar-refractivity contribution in [2.75, 3.05) is 13.2 Å². The maximum atomic E-state index is 12.5. The molecular weight excluding hydrogens is 781 g/mol. The average Bonchev–Trinajstić information content (AvgIpc) is 3.29. The van der Waals surface area contributed by atoms with Gasteiger partial charge in [0.2, 0.25) is 0 Å². The second kappa shape index (κ2) is 22.9. The fraction of sp³-hybridized carbons (Fsp3) is 0.367. The van der Waals surface area contributed by atoms with Gasteiger partial charge in [0.25, 0.3) is 0 Å². The zero-order chi connectivity index (χ0) is 42.2. The highest BCUT2D eigenvalue weighted by Crippen LogP contribution is 2.35. The van der Waals surface area contributed by atoms with E-state index in [1.807, 2.05) is 152 Å². The van der Waals surface area contributed by atoms with Crippen LogP contribution in [0.4, 0.5) is 0 Å². The van der Waals surface area contributed by atoms with Crippen molar-refractivity contribution >= 4 is 5.97 Å². The van der Waals surface area contributed by atoms with E-state index in [0.29, 0.717) is 0 Å². The van der Waals surface area contributed by atoms with Gasteiger partial charge >= 0.3 is 5.97 Å². The summed E-state index contributed by atoms with van der Waals surface area (Å²) >= 11 is 0. The molecule has 2 heterocycles. The van der Waals surface area contributed by atoms with Gasteiger partial charge in [-0.2, -0.15) is 0 Å². The largest absolute Gasteiger partial charge is 0.457 e. The Kier molecular flexibility index (Phi) is 16.6. The molecule has 5 aromatic rings. The first-order valence-corrected chi connectivity index (χ1v) is 20.6. The summed E-state index contributed by atoms with van der Waals surface area (Å²) in [5.41, 5.74) is 4.47. The molecule has 12 nitrogen and oxygen atoms in total. The monoisotopic (exact) mass is 834 g/mol. The Morgan fingerprint density at radius 2 is 0.852 bits per heavy atom. The van der Waals surface area contributed by atoms with Crippen LogP contribution in [-0.4, -0.2) is 90.8 Å². The van der Waals surface area contributed by atoms with Crippen LogP contribution < -0.4 is 0 Å². The number of aliphatic hydroxyl groups excluding tert-OH is 2. The molecule has 0 saturated carbocycles. The molecule has 10 atom stereocenters. The normalized spacial score (nSPS) is 26.4. The second-order valence-electron chi connectivity index (χ2n) is 15.1. The molecule has 0 aliphatic carbocycles. The number of carbonyl (C=O) groups excluding carboxylic acids is 1. The number of hydrogen-bond acceptors (Lipinski definition) is 12. The van der Waals surface area contributed by atoms with Gasteiger partial charge in [-0.3, -0.25) is 4.79 Å². The molecule has 12 heteroatoms. The number of ether oxygens (including phenoxy) is 9. The van der Waals surface area contributed by atoms with Gasteiger partial charge in [-0.05, 0) is 27.8 Å². The summed E-state index contributed by atoms with van der Waals surface area (Å²) in [6.45, 7) is 2.07. The minimum atomic E-state index is -1.44. The predicted molar refractivity (Wildman–Crippen MR) is 223 cm³/mol. The number of esters is 1. The molecule has 0 amide bonds. The lowest BCUT2D eigenvalue weighted by molar-refractivity contribution is -0.369. The van der Waals surface area contributed by atoms with Crippen LogP contribution in [0.3, 0.4) is 0 Å². The standard InChI is InChI=1S/C49H54O12/c1-34(50)58-43-40(32-53-27-35-17-7-2-8-18-35)60-49(45(42(43)51)55-29-37-21-11-4-12-22-37)61-44-41(33-54-28-36-19-9-3-10-20-36)59-48(52)47(57-31-39-25-15-6-16-26-39)46(44)56-30-38-23-13-5-14-24-38/h2-26,40-49,51-52H,27-33H2,1H3/t40-,41-,42+,43+,44-,45-,46+,47-,48-,49+/m1/s1. The van der Waals surface area contributed by atoms with Gasteiger partial charge in [-0.1, -0.05) is 152 Å². The summed E-state index contributed by atoms with van der Waals surface area (Å²) in [5, 5.41) is 23.8. The molecule has 2 N–H and O–H groups in total. The van der Waals surface area contributed by atoms with Crippen molar-refractivity contribution in [2.45, 2.75) is 101 Å². The van der Waals surface area contributed by atoms with Crippen molar-refractivity contribution in [1.82, 2.24) is 0 Å². The summed E-state index contributed by atoms with van der Waals surface area (Å²) in [6.07, 6.45) is -11.5. The number of carbonyl (C=O) groups is 1. The lowest BCUT2D eigenvalue weighted by Gasteiger charge is -2.48.